The van der Waals surface area contributed by atoms with E-state index in [0.717, 1.165) is 15.6 Å². The van der Waals surface area contributed by atoms with E-state index in [9.17, 15) is 9.59 Å². The van der Waals surface area contributed by atoms with Crippen molar-refractivity contribution < 1.29 is 27.9 Å². The van der Waals surface area contributed by atoms with E-state index in [-0.39, 0.29) is 23.1 Å². The molecule has 148 valence electrons. The smallest absolute Gasteiger partial charge is 0.379 e. The minimum absolute atomic E-state index is 0.0781. The van der Waals surface area contributed by atoms with Crippen LogP contribution in [0, 0.1) is 6.92 Å². The molecule has 0 spiro atoms. The first-order chi connectivity index (χ1) is 14.5. The van der Waals surface area contributed by atoms with Gasteiger partial charge in [-0.25, -0.2) is 4.79 Å². The highest BCUT2D eigenvalue weighted by Crippen LogP contribution is 2.35. The van der Waals surface area contributed by atoms with E-state index in [1.165, 1.54) is 18.2 Å². The molecular formula is C23H13BrO6. The zero-order valence-corrected chi connectivity index (χ0v) is 17.2. The van der Waals surface area contributed by atoms with Gasteiger partial charge in [0.25, 0.3) is 0 Å². The summed E-state index contributed by atoms with van der Waals surface area (Å²) < 4.78 is 22.9. The normalized spacial score (nSPS) is 14.2. The third-order valence-electron chi connectivity index (χ3n) is 4.57. The Hall–Kier alpha value is -3.58. The van der Waals surface area contributed by atoms with Crippen molar-refractivity contribution in [1.82, 2.24) is 0 Å². The molecule has 2 aromatic carbocycles. The molecule has 1 aliphatic rings. The number of ketones is 1. The quantitative estimate of drug-likeness (QED) is 0.212. The van der Waals surface area contributed by atoms with Gasteiger partial charge >= 0.3 is 5.97 Å². The van der Waals surface area contributed by atoms with Crippen LogP contribution in [0.5, 0.6) is 11.5 Å². The van der Waals surface area contributed by atoms with Gasteiger partial charge in [-0.3, -0.25) is 4.79 Å². The van der Waals surface area contributed by atoms with Gasteiger partial charge in [0.05, 0.1) is 5.56 Å². The van der Waals surface area contributed by atoms with Crippen molar-refractivity contribution in [3.05, 3.63) is 87.7 Å². The van der Waals surface area contributed by atoms with Crippen LogP contribution in [0.4, 0.5) is 0 Å². The third-order valence-corrected chi connectivity index (χ3v) is 5.06. The molecule has 4 aromatic rings. The summed E-state index contributed by atoms with van der Waals surface area (Å²) in [5.41, 5.74) is 0.967. The monoisotopic (exact) mass is 464 g/mol. The van der Waals surface area contributed by atoms with Crippen molar-refractivity contribution in [3.63, 3.8) is 0 Å². The molecule has 0 aliphatic carbocycles. The standard InChI is InChI=1S/C23H13BrO6/c1-12-2-4-15(27-12)11-20-22(25)17-6-5-16(10-19(17)30-20)28-23(26)21-9-13-8-14(24)3-7-18(13)29-21/h2-11H,1H3/b20-11-. The number of halogens is 1. The summed E-state index contributed by atoms with van der Waals surface area (Å²) in [7, 11) is 0. The van der Waals surface area contributed by atoms with Crippen LogP contribution in [0.3, 0.4) is 0 Å². The highest BCUT2D eigenvalue weighted by molar-refractivity contribution is 9.10. The number of hydrogen-bond acceptors (Lipinski definition) is 6. The van der Waals surface area contributed by atoms with Crippen molar-refractivity contribution in [3.8, 4) is 11.5 Å². The number of hydrogen-bond donors (Lipinski definition) is 0. The predicted molar refractivity (Wildman–Crippen MR) is 112 cm³/mol. The molecule has 6 nitrogen and oxygen atoms in total. The fourth-order valence-electron chi connectivity index (χ4n) is 3.16. The maximum Gasteiger partial charge on any atom is 0.379 e. The predicted octanol–water partition coefficient (Wildman–Crippen LogP) is 5.93. The van der Waals surface area contributed by atoms with Crippen LogP contribution in [0.1, 0.15) is 32.4 Å². The van der Waals surface area contributed by atoms with E-state index < -0.39 is 5.97 Å². The van der Waals surface area contributed by atoms with Crippen LogP contribution < -0.4 is 9.47 Å². The van der Waals surface area contributed by atoms with E-state index >= 15 is 0 Å². The van der Waals surface area contributed by atoms with Gasteiger partial charge in [-0.15, -0.1) is 0 Å². The Labute approximate surface area is 178 Å². The van der Waals surface area contributed by atoms with Gasteiger partial charge in [0, 0.05) is 22.0 Å². The molecule has 0 saturated heterocycles. The first kappa shape index (κ1) is 18.4. The summed E-state index contributed by atoms with van der Waals surface area (Å²) in [5.74, 6) is 1.12. The minimum atomic E-state index is -0.645. The Morgan fingerprint density at radius 3 is 2.70 bits per heavy atom. The fourth-order valence-corrected chi connectivity index (χ4v) is 3.54. The maximum absolute atomic E-state index is 12.5. The largest absolute Gasteiger partial charge is 0.462 e. The lowest BCUT2D eigenvalue weighted by Crippen LogP contribution is -2.07. The molecule has 0 unspecified atom stereocenters. The molecular weight excluding hydrogens is 452 g/mol. The lowest BCUT2D eigenvalue weighted by Gasteiger charge is -2.03. The van der Waals surface area contributed by atoms with Gasteiger partial charge in [-0.1, -0.05) is 15.9 Å². The molecule has 0 radical (unpaired) electrons. The number of Topliss-reactive ketones (excluding diaryl/α,β-unsaturated/α-hetero) is 1. The lowest BCUT2D eigenvalue weighted by molar-refractivity contribution is 0.0703. The number of rotatable bonds is 3. The number of allylic oxidation sites excluding steroid dienone is 1. The number of furan rings is 2. The first-order valence-corrected chi connectivity index (χ1v) is 9.81. The number of benzene rings is 2. The molecule has 5 rings (SSSR count). The van der Waals surface area contributed by atoms with Gasteiger partial charge in [-0.05, 0) is 55.5 Å². The summed E-state index contributed by atoms with van der Waals surface area (Å²) in [6.45, 7) is 1.82. The average Bonchev–Trinajstić information content (AvgIpc) is 3.40. The number of ether oxygens (including phenoxy) is 2. The third kappa shape index (κ3) is 3.33. The molecule has 0 atom stereocenters. The highest BCUT2D eigenvalue weighted by atomic mass is 79.9. The summed E-state index contributed by atoms with van der Waals surface area (Å²) in [5, 5.41) is 0.780. The second-order valence-corrected chi connectivity index (χ2v) is 7.64. The number of fused-ring (bicyclic) bond motifs is 2. The average molecular weight is 465 g/mol. The second kappa shape index (κ2) is 7.03. The van der Waals surface area contributed by atoms with Crippen molar-refractivity contribution in [2.45, 2.75) is 6.92 Å². The van der Waals surface area contributed by atoms with E-state index in [2.05, 4.69) is 15.9 Å². The Balaban J connectivity index is 1.37. The highest BCUT2D eigenvalue weighted by Gasteiger charge is 2.28. The summed E-state index contributed by atoms with van der Waals surface area (Å²) in [4.78, 5) is 25.0. The zero-order chi connectivity index (χ0) is 20.8. The Morgan fingerprint density at radius 1 is 1.03 bits per heavy atom. The molecule has 3 heterocycles. The van der Waals surface area contributed by atoms with Gasteiger partial charge < -0.3 is 18.3 Å². The van der Waals surface area contributed by atoms with Crippen molar-refractivity contribution in [2.75, 3.05) is 0 Å². The van der Waals surface area contributed by atoms with E-state index in [1.807, 2.05) is 19.1 Å². The molecule has 1 aliphatic heterocycles. The zero-order valence-electron chi connectivity index (χ0n) is 15.6. The number of carbonyl (C=O) groups excluding carboxylic acids is 2. The molecule has 0 bridgehead atoms. The molecule has 0 fully saturated rings. The summed E-state index contributed by atoms with van der Waals surface area (Å²) in [6, 6.07) is 15.2. The Morgan fingerprint density at radius 2 is 1.90 bits per heavy atom. The lowest BCUT2D eigenvalue weighted by atomic mass is 10.1. The van der Waals surface area contributed by atoms with Crippen LogP contribution >= 0.6 is 15.9 Å². The second-order valence-electron chi connectivity index (χ2n) is 6.73. The van der Waals surface area contributed by atoms with Gasteiger partial charge in [0.2, 0.25) is 11.5 Å². The van der Waals surface area contributed by atoms with E-state index in [1.54, 1.807) is 30.3 Å². The summed E-state index contributed by atoms with van der Waals surface area (Å²) >= 11 is 3.38. The van der Waals surface area contributed by atoms with Gasteiger partial charge in [-0.2, -0.15) is 0 Å². The Kier molecular flexibility index (Phi) is 4.33. The number of esters is 1. The van der Waals surface area contributed by atoms with E-state index in [0.29, 0.717) is 22.7 Å². The minimum Gasteiger partial charge on any atom is -0.462 e. The first-order valence-electron chi connectivity index (χ1n) is 9.02. The molecule has 7 heteroatoms. The maximum atomic E-state index is 12.5. The van der Waals surface area contributed by atoms with Crippen LogP contribution in [0.15, 0.2) is 73.7 Å². The summed E-state index contributed by atoms with van der Waals surface area (Å²) in [6.07, 6.45) is 1.54. The molecule has 30 heavy (non-hydrogen) atoms. The van der Waals surface area contributed by atoms with Crippen LogP contribution in [0.25, 0.3) is 17.0 Å². The van der Waals surface area contributed by atoms with Crippen molar-refractivity contribution in [2.24, 2.45) is 0 Å². The molecule has 0 saturated carbocycles. The molecule has 0 amide bonds. The Bertz CT molecular complexity index is 1360. The van der Waals surface area contributed by atoms with Crippen LogP contribution in [0.2, 0.25) is 0 Å². The number of aryl methyl sites for hydroxylation is 1. The molecule has 2 aromatic heterocycles. The topological polar surface area (TPSA) is 78.9 Å². The molecule has 0 N–H and O–H groups in total. The number of carbonyl (C=O) groups is 2. The van der Waals surface area contributed by atoms with Gasteiger partial charge in [0.15, 0.2) is 5.76 Å². The van der Waals surface area contributed by atoms with Crippen molar-refractivity contribution >= 4 is 44.7 Å². The van der Waals surface area contributed by atoms with Crippen LogP contribution in [-0.2, 0) is 0 Å². The van der Waals surface area contributed by atoms with E-state index in [4.69, 9.17) is 18.3 Å². The van der Waals surface area contributed by atoms with Crippen molar-refractivity contribution in [1.29, 1.82) is 0 Å². The van der Waals surface area contributed by atoms with Gasteiger partial charge in [0.1, 0.15) is 28.6 Å². The van der Waals surface area contributed by atoms with Crippen LogP contribution in [-0.4, -0.2) is 11.8 Å². The SMILES string of the molecule is Cc1ccc(/C=C2\Oc3cc(OC(=O)c4cc5cc(Br)ccc5o4)ccc3C2=O)o1. The fraction of sp³-hybridized carbons (Fsp3) is 0.0435.